The van der Waals surface area contributed by atoms with Crippen molar-refractivity contribution in [3.63, 3.8) is 0 Å². The van der Waals surface area contributed by atoms with E-state index in [1.54, 1.807) is 0 Å². The zero-order chi connectivity index (χ0) is 15.8. The summed E-state index contributed by atoms with van der Waals surface area (Å²) in [4.78, 5) is 4.28. The molecular formula is C18H29N3O. The van der Waals surface area contributed by atoms with Gasteiger partial charge in [-0.3, -0.25) is 4.99 Å². The number of ether oxygens (including phenoxy) is 1. The summed E-state index contributed by atoms with van der Waals surface area (Å²) in [6.07, 6.45) is 4.35. The number of rotatable bonds is 6. The molecule has 4 nitrogen and oxygen atoms in total. The second-order valence-electron chi connectivity index (χ2n) is 6.17. The maximum Gasteiger partial charge on any atom is 0.191 e. The summed E-state index contributed by atoms with van der Waals surface area (Å²) in [5.41, 5.74) is 2.69. The zero-order valence-corrected chi connectivity index (χ0v) is 14.1. The molecular weight excluding hydrogens is 274 g/mol. The number of aryl methyl sites for hydroxylation is 1. The minimum Gasteiger partial charge on any atom is -0.373 e. The maximum atomic E-state index is 5.79. The molecule has 2 N–H and O–H groups in total. The number of hydrogen-bond acceptors (Lipinski definition) is 2. The molecule has 1 aromatic rings. The average molecular weight is 303 g/mol. The first-order chi connectivity index (χ1) is 10.6. The highest BCUT2D eigenvalue weighted by molar-refractivity contribution is 5.79. The molecule has 1 aliphatic rings. The van der Waals surface area contributed by atoms with Gasteiger partial charge in [0.25, 0.3) is 0 Å². The van der Waals surface area contributed by atoms with Gasteiger partial charge >= 0.3 is 0 Å². The van der Waals surface area contributed by atoms with E-state index in [0.717, 1.165) is 51.3 Å². The Kier molecular flexibility index (Phi) is 6.25. The van der Waals surface area contributed by atoms with Crippen molar-refractivity contribution in [2.45, 2.75) is 45.1 Å². The van der Waals surface area contributed by atoms with Crippen LogP contribution in [-0.2, 0) is 17.6 Å². The minimum atomic E-state index is -0.0480. The van der Waals surface area contributed by atoms with E-state index in [9.17, 15) is 0 Å². The van der Waals surface area contributed by atoms with Gasteiger partial charge in [0.2, 0.25) is 0 Å². The van der Waals surface area contributed by atoms with Gasteiger partial charge in [0.05, 0.1) is 5.60 Å². The Morgan fingerprint density at radius 3 is 2.55 bits per heavy atom. The molecule has 2 rings (SSSR count). The van der Waals surface area contributed by atoms with Crippen molar-refractivity contribution in [2.24, 2.45) is 4.99 Å². The van der Waals surface area contributed by atoms with E-state index >= 15 is 0 Å². The molecule has 0 saturated carbocycles. The van der Waals surface area contributed by atoms with Crippen molar-refractivity contribution in [2.75, 3.05) is 26.7 Å². The number of benzene rings is 1. The molecule has 0 spiro atoms. The number of nitrogens with one attached hydrogen (secondary N) is 2. The van der Waals surface area contributed by atoms with E-state index in [2.05, 4.69) is 53.7 Å². The molecule has 1 aliphatic heterocycles. The summed E-state index contributed by atoms with van der Waals surface area (Å²) in [5.74, 6) is 0.849. The van der Waals surface area contributed by atoms with Gasteiger partial charge in [-0.15, -0.1) is 0 Å². The first-order valence-electron chi connectivity index (χ1n) is 8.31. The van der Waals surface area contributed by atoms with Crippen LogP contribution in [0, 0.1) is 0 Å². The van der Waals surface area contributed by atoms with Crippen LogP contribution < -0.4 is 10.6 Å². The molecule has 22 heavy (non-hydrogen) atoms. The Labute approximate surface area is 134 Å². The quantitative estimate of drug-likeness (QED) is 0.627. The lowest BCUT2D eigenvalue weighted by molar-refractivity contribution is 0.0243. The Bertz CT molecular complexity index is 476. The minimum absolute atomic E-state index is 0.0480. The maximum absolute atomic E-state index is 5.79. The summed E-state index contributed by atoms with van der Waals surface area (Å²) >= 11 is 0. The molecule has 0 amide bonds. The molecule has 122 valence electrons. The smallest absolute Gasteiger partial charge is 0.191 e. The van der Waals surface area contributed by atoms with Gasteiger partial charge in [0, 0.05) is 26.7 Å². The second-order valence-corrected chi connectivity index (χ2v) is 6.17. The summed E-state index contributed by atoms with van der Waals surface area (Å²) in [7, 11) is 1.81. The van der Waals surface area contributed by atoms with Crippen LogP contribution >= 0.6 is 0 Å². The van der Waals surface area contributed by atoms with Gasteiger partial charge in [0.15, 0.2) is 5.96 Å². The van der Waals surface area contributed by atoms with Crippen LogP contribution in [0.2, 0.25) is 0 Å². The van der Waals surface area contributed by atoms with E-state index in [-0.39, 0.29) is 5.60 Å². The summed E-state index contributed by atoms with van der Waals surface area (Å²) < 4.78 is 5.79. The molecule has 0 aromatic heterocycles. The topological polar surface area (TPSA) is 45.7 Å². The van der Waals surface area contributed by atoms with Crippen LogP contribution in [0.25, 0.3) is 0 Å². The van der Waals surface area contributed by atoms with Gasteiger partial charge in [-0.25, -0.2) is 0 Å². The summed E-state index contributed by atoms with van der Waals surface area (Å²) in [5, 5.41) is 6.74. The van der Waals surface area contributed by atoms with E-state index in [1.165, 1.54) is 11.1 Å². The Balaban J connectivity index is 1.71. The van der Waals surface area contributed by atoms with Gasteiger partial charge in [0.1, 0.15) is 0 Å². The number of hydrogen-bond donors (Lipinski definition) is 2. The van der Waals surface area contributed by atoms with Crippen molar-refractivity contribution in [3.8, 4) is 0 Å². The fourth-order valence-corrected chi connectivity index (χ4v) is 2.73. The fourth-order valence-electron chi connectivity index (χ4n) is 2.73. The summed E-state index contributed by atoms with van der Waals surface area (Å²) in [6, 6.07) is 8.84. The first-order valence-corrected chi connectivity index (χ1v) is 8.31. The second kappa shape index (κ2) is 8.18. The van der Waals surface area contributed by atoms with E-state index in [4.69, 9.17) is 4.74 Å². The molecule has 1 saturated heterocycles. The lowest BCUT2D eigenvalue weighted by atomic mass is 10.0. The molecule has 1 atom stereocenters. The van der Waals surface area contributed by atoms with Crippen LogP contribution in [0.4, 0.5) is 0 Å². The molecule has 4 heteroatoms. The van der Waals surface area contributed by atoms with E-state index in [0.29, 0.717) is 0 Å². The van der Waals surface area contributed by atoms with Crippen molar-refractivity contribution < 1.29 is 4.74 Å². The number of nitrogens with zero attached hydrogens (tertiary/aromatic N) is 1. The number of guanidine groups is 1. The monoisotopic (exact) mass is 303 g/mol. The van der Waals surface area contributed by atoms with Crippen LogP contribution in [0.1, 0.15) is 37.8 Å². The average Bonchev–Trinajstić information content (AvgIpc) is 2.98. The third kappa shape index (κ3) is 5.02. The fraction of sp³-hybridized carbons (Fsp3) is 0.611. The first kappa shape index (κ1) is 16.8. The molecule has 0 aliphatic carbocycles. The Hall–Kier alpha value is -1.55. The lowest BCUT2D eigenvalue weighted by Crippen LogP contribution is -2.45. The molecule has 1 fully saturated rings. The lowest BCUT2D eigenvalue weighted by Gasteiger charge is -2.24. The van der Waals surface area contributed by atoms with Crippen molar-refractivity contribution in [1.82, 2.24) is 10.6 Å². The highest BCUT2D eigenvalue weighted by Crippen LogP contribution is 2.23. The van der Waals surface area contributed by atoms with Crippen LogP contribution in [0.5, 0.6) is 0 Å². The largest absolute Gasteiger partial charge is 0.373 e. The van der Waals surface area contributed by atoms with Gasteiger partial charge in [-0.05, 0) is 43.7 Å². The summed E-state index contributed by atoms with van der Waals surface area (Å²) in [6.45, 7) is 6.90. The standard InChI is InChI=1S/C18H29N3O/c1-4-15-6-8-16(9-7-15)10-12-20-17(19-3)21-14-18(2)11-5-13-22-18/h6-9H,4-5,10-14H2,1-3H3,(H2,19,20,21). The Morgan fingerprint density at radius 2 is 1.95 bits per heavy atom. The molecule has 0 radical (unpaired) electrons. The van der Waals surface area contributed by atoms with Gasteiger partial charge < -0.3 is 15.4 Å². The Morgan fingerprint density at radius 1 is 1.23 bits per heavy atom. The van der Waals surface area contributed by atoms with E-state index < -0.39 is 0 Å². The predicted octanol–water partition coefficient (Wildman–Crippen LogP) is 2.53. The highest BCUT2D eigenvalue weighted by Gasteiger charge is 2.29. The van der Waals surface area contributed by atoms with Crippen molar-refractivity contribution in [1.29, 1.82) is 0 Å². The van der Waals surface area contributed by atoms with Gasteiger partial charge in [-0.1, -0.05) is 31.2 Å². The van der Waals surface area contributed by atoms with Crippen LogP contribution in [0.3, 0.4) is 0 Å². The van der Waals surface area contributed by atoms with E-state index in [1.807, 2.05) is 7.05 Å². The number of aliphatic imine (C=N–C) groups is 1. The third-order valence-electron chi connectivity index (χ3n) is 4.29. The SMILES string of the molecule is CCc1ccc(CCNC(=NC)NCC2(C)CCCO2)cc1. The van der Waals surface area contributed by atoms with Crippen LogP contribution in [0.15, 0.2) is 29.3 Å². The molecule has 1 unspecified atom stereocenters. The van der Waals surface area contributed by atoms with Gasteiger partial charge in [-0.2, -0.15) is 0 Å². The predicted molar refractivity (Wildman–Crippen MR) is 92.5 cm³/mol. The van der Waals surface area contributed by atoms with Crippen molar-refractivity contribution >= 4 is 5.96 Å². The third-order valence-corrected chi connectivity index (χ3v) is 4.29. The molecule has 0 bridgehead atoms. The normalized spacial score (nSPS) is 21.9. The zero-order valence-electron chi connectivity index (χ0n) is 14.1. The molecule has 1 aromatic carbocycles. The molecule has 1 heterocycles. The van der Waals surface area contributed by atoms with Crippen LogP contribution in [-0.4, -0.2) is 38.3 Å². The van der Waals surface area contributed by atoms with Crippen molar-refractivity contribution in [3.05, 3.63) is 35.4 Å². The highest BCUT2D eigenvalue weighted by atomic mass is 16.5.